The van der Waals surface area contributed by atoms with Crippen LogP contribution in [0.2, 0.25) is 0 Å². The van der Waals surface area contributed by atoms with Gasteiger partial charge in [0.05, 0.1) is 13.0 Å². The Morgan fingerprint density at radius 1 is 1.42 bits per heavy atom. The summed E-state index contributed by atoms with van der Waals surface area (Å²) in [5, 5.41) is 2.82. The summed E-state index contributed by atoms with van der Waals surface area (Å²) < 4.78 is 34.6. The minimum Gasteiger partial charge on any atom is -0.493 e. The van der Waals surface area contributed by atoms with E-state index in [9.17, 15) is 13.6 Å². The molecule has 1 aromatic carbocycles. The maximum Gasteiger partial charge on any atom is 0.387 e. The smallest absolute Gasteiger partial charge is 0.387 e. The number of piperidine rings is 1. The molecule has 3 N–H and O–H groups in total. The number of likely N-dealkylation sites (tertiary alicyclic amines) is 1. The highest BCUT2D eigenvalue weighted by Gasteiger charge is 2.25. The third-order valence-electron chi connectivity index (χ3n) is 4.17. The van der Waals surface area contributed by atoms with Crippen molar-refractivity contribution in [1.82, 2.24) is 10.2 Å². The van der Waals surface area contributed by atoms with Crippen LogP contribution in [0.1, 0.15) is 18.4 Å². The molecule has 6 nitrogen and oxygen atoms in total. The molecule has 1 unspecified atom stereocenters. The van der Waals surface area contributed by atoms with Gasteiger partial charge in [-0.3, -0.25) is 9.69 Å². The van der Waals surface area contributed by atoms with Crippen molar-refractivity contribution in [3.05, 3.63) is 23.8 Å². The van der Waals surface area contributed by atoms with E-state index in [2.05, 4.69) is 15.0 Å². The second kappa shape index (κ2) is 11.2. The molecule has 9 heteroatoms. The van der Waals surface area contributed by atoms with Crippen molar-refractivity contribution >= 4 is 18.3 Å². The number of nitrogens with zero attached hydrogens (tertiary/aromatic N) is 1. The van der Waals surface area contributed by atoms with Crippen molar-refractivity contribution < 1.29 is 23.0 Å². The van der Waals surface area contributed by atoms with Crippen molar-refractivity contribution in [2.24, 2.45) is 11.7 Å². The lowest BCUT2D eigenvalue weighted by Gasteiger charge is -2.32. The van der Waals surface area contributed by atoms with Gasteiger partial charge in [0.15, 0.2) is 11.5 Å². The number of nitrogens with two attached hydrogens (primary N) is 1. The van der Waals surface area contributed by atoms with E-state index in [1.54, 1.807) is 12.1 Å². The monoisotopic (exact) mass is 393 g/mol. The van der Waals surface area contributed by atoms with E-state index in [-0.39, 0.29) is 35.7 Å². The standard InChI is InChI=1S/C17H25F2N3O3.ClH/c1-24-14-5-4-12(9-15(14)25-17(18)19)10-22-8-2-3-13(11-22)16(23)21-7-6-20;/h4-5,9,13,17H,2-3,6-8,10-11,20H2,1H3,(H,21,23);1H. The molecule has 148 valence electrons. The summed E-state index contributed by atoms with van der Waals surface area (Å²) >= 11 is 0. The lowest BCUT2D eigenvalue weighted by atomic mass is 9.96. The van der Waals surface area contributed by atoms with E-state index >= 15 is 0 Å². The number of carbonyl (C=O) groups excluding carboxylic acids is 1. The molecule has 0 aromatic heterocycles. The van der Waals surface area contributed by atoms with Crippen molar-refractivity contribution in [2.45, 2.75) is 26.0 Å². The molecule has 0 bridgehead atoms. The zero-order valence-corrected chi connectivity index (χ0v) is 15.6. The van der Waals surface area contributed by atoms with Gasteiger partial charge in [0, 0.05) is 26.2 Å². The molecule has 0 aliphatic carbocycles. The number of alkyl halides is 2. The molecular formula is C17H26ClF2N3O3. The molecule has 26 heavy (non-hydrogen) atoms. The predicted molar refractivity (Wildman–Crippen MR) is 96.9 cm³/mol. The van der Waals surface area contributed by atoms with Crippen LogP contribution in [0.5, 0.6) is 11.5 Å². The van der Waals surface area contributed by atoms with Crippen molar-refractivity contribution in [3.8, 4) is 11.5 Å². The van der Waals surface area contributed by atoms with Gasteiger partial charge < -0.3 is 20.5 Å². The minimum atomic E-state index is -2.91. The van der Waals surface area contributed by atoms with Crippen LogP contribution in [0, 0.1) is 5.92 Å². The van der Waals surface area contributed by atoms with Crippen LogP contribution in [0.4, 0.5) is 8.78 Å². The Hall–Kier alpha value is -1.64. The van der Waals surface area contributed by atoms with Crippen LogP contribution in [0.3, 0.4) is 0 Å². The number of halogens is 3. The molecule has 1 aromatic rings. The Morgan fingerprint density at radius 2 is 2.19 bits per heavy atom. The summed E-state index contributed by atoms with van der Waals surface area (Å²) in [6, 6.07) is 4.99. The first kappa shape index (κ1) is 22.4. The zero-order chi connectivity index (χ0) is 18.2. The van der Waals surface area contributed by atoms with Gasteiger partial charge in [0.2, 0.25) is 5.91 Å². The quantitative estimate of drug-likeness (QED) is 0.706. The Bertz CT molecular complexity index is 578. The van der Waals surface area contributed by atoms with E-state index in [0.29, 0.717) is 26.2 Å². The SMILES string of the molecule is COc1ccc(CN2CCCC(C(=O)NCCN)C2)cc1OC(F)F.Cl. The molecule has 1 amide bonds. The van der Waals surface area contributed by atoms with E-state index in [1.807, 2.05) is 6.07 Å². The van der Waals surface area contributed by atoms with Crippen LogP contribution in [-0.4, -0.2) is 50.7 Å². The third kappa shape index (κ3) is 6.59. The van der Waals surface area contributed by atoms with Crippen LogP contribution in [0.15, 0.2) is 18.2 Å². The predicted octanol–water partition coefficient (Wildman–Crippen LogP) is 2.01. The minimum absolute atomic E-state index is 0. The molecule has 1 aliphatic heterocycles. The lowest BCUT2D eigenvalue weighted by molar-refractivity contribution is -0.126. The van der Waals surface area contributed by atoms with Gasteiger partial charge in [0.1, 0.15) is 0 Å². The molecule has 0 spiro atoms. The van der Waals surface area contributed by atoms with Crippen molar-refractivity contribution in [1.29, 1.82) is 0 Å². The highest BCUT2D eigenvalue weighted by atomic mass is 35.5. The fraction of sp³-hybridized carbons (Fsp3) is 0.588. The molecule has 1 atom stereocenters. The summed E-state index contributed by atoms with van der Waals surface area (Å²) in [4.78, 5) is 14.2. The average molecular weight is 394 g/mol. The van der Waals surface area contributed by atoms with Gasteiger partial charge in [-0.15, -0.1) is 12.4 Å². The second-order valence-electron chi connectivity index (χ2n) is 6.02. The Balaban J connectivity index is 0.00000338. The van der Waals surface area contributed by atoms with Gasteiger partial charge >= 0.3 is 6.61 Å². The Morgan fingerprint density at radius 3 is 2.85 bits per heavy atom. The Labute approximate surface area is 158 Å². The van der Waals surface area contributed by atoms with Crippen LogP contribution in [-0.2, 0) is 11.3 Å². The number of rotatable bonds is 8. The molecule has 1 fully saturated rings. The first-order valence-electron chi connectivity index (χ1n) is 8.35. The number of ether oxygens (including phenoxy) is 2. The average Bonchev–Trinajstić information content (AvgIpc) is 2.59. The number of amides is 1. The van der Waals surface area contributed by atoms with Crippen molar-refractivity contribution in [3.63, 3.8) is 0 Å². The summed E-state index contributed by atoms with van der Waals surface area (Å²) in [6.07, 6.45) is 1.76. The van der Waals surface area contributed by atoms with Crippen LogP contribution >= 0.6 is 12.4 Å². The third-order valence-corrected chi connectivity index (χ3v) is 4.17. The normalized spacial score (nSPS) is 17.5. The first-order chi connectivity index (χ1) is 12.0. The van der Waals surface area contributed by atoms with E-state index in [1.165, 1.54) is 7.11 Å². The molecule has 1 saturated heterocycles. The zero-order valence-electron chi connectivity index (χ0n) is 14.7. The number of hydrogen-bond donors (Lipinski definition) is 2. The number of carbonyl (C=O) groups is 1. The fourth-order valence-electron chi connectivity index (χ4n) is 3.02. The van der Waals surface area contributed by atoms with E-state index < -0.39 is 6.61 Å². The van der Waals surface area contributed by atoms with E-state index in [0.717, 1.165) is 24.9 Å². The lowest BCUT2D eigenvalue weighted by Crippen LogP contribution is -2.43. The topological polar surface area (TPSA) is 76.8 Å². The number of nitrogens with one attached hydrogen (secondary N) is 1. The highest BCUT2D eigenvalue weighted by Crippen LogP contribution is 2.30. The first-order valence-corrected chi connectivity index (χ1v) is 8.35. The number of benzene rings is 1. The molecule has 2 rings (SSSR count). The van der Waals surface area contributed by atoms with Crippen LogP contribution < -0.4 is 20.5 Å². The molecular weight excluding hydrogens is 368 g/mol. The number of methoxy groups -OCH3 is 1. The van der Waals surface area contributed by atoms with Gasteiger partial charge in [-0.05, 0) is 37.1 Å². The Kier molecular flexibility index (Phi) is 9.61. The molecule has 0 radical (unpaired) electrons. The summed E-state index contributed by atoms with van der Waals surface area (Å²) in [6.45, 7) is 0.0354. The molecule has 1 aliphatic rings. The summed E-state index contributed by atoms with van der Waals surface area (Å²) in [7, 11) is 1.41. The van der Waals surface area contributed by atoms with E-state index in [4.69, 9.17) is 10.5 Å². The highest BCUT2D eigenvalue weighted by molar-refractivity contribution is 5.85. The number of hydrogen-bond acceptors (Lipinski definition) is 5. The summed E-state index contributed by atoms with van der Waals surface area (Å²) in [5.74, 6) is 0.230. The fourth-order valence-corrected chi connectivity index (χ4v) is 3.02. The largest absolute Gasteiger partial charge is 0.493 e. The second-order valence-corrected chi connectivity index (χ2v) is 6.02. The van der Waals surface area contributed by atoms with Crippen LogP contribution in [0.25, 0.3) is 0 Å². The molecule has 1 heterocycles. The van der Waals surface area contributed by atoms with Gasteiger partial charge in [-0.25, -0.2) is 0 Å². The maximum atomic E-state index is 12.5. The molecule has 0 saturated carbocycles. The van der Waals surface area contributed by atoms with Gasteiger partial charge in [-0.2, -0.15) is 8.78 Å². The van der Waals surface area contributed by atoms with Crippen molar-refractivity contribution in [2.75, 3.05) is 33.3 Å². The van der Waals surface area contributed by atoms with Gasteiger partial charge in [-0.1, -0.05) is 6.07 Å². The van der Waals surface area contributed by atoms with Gasteiger partial charge in [0.25, 0.3) is 0 Å². The maximum absolute atomic E-state index is 12.5. The summed E-state index contributed by atoms with van der Waals surface area (Å²) in [5.41, 5.74) is 6.24.